The van der Waals surface area contributed by atoms with Gasteiger partial charge in [0.2, 0.25) is 0 Å². The lowest BCUT2D eigenvalue weighted by molar-refractivity contribution is -0.0706. The quantitative estimate of drug-likeness (QED) is 0.686. The normalized spacial score (nSPS) is 33.3. The molecule has 4 heteroatoms. The average molecular weight is 378 g/mol. The van der Waals surface area contributed by atoms with E-state index in [1.165, 1.54) is 38.5 Å². The smallest absolute Gasteiger partial charge is 0.179 e. The number of nitrogens with one attached hydrogen (secondary N) is 1. The molecule has 0 aromatic heterocycles. The van der Waals surface area contributed by atoms with E-state index in [9.17, 15) is 0 Å². The molecule has 0 heterocycles. The second-order valence-corrected chi connectivity index (χ2v) is 9.33. The minimum Gasteiger partial charge on any atom is -0.491 e. The standard InChI is InChI=1S/C22H32ClNO2/c1-4-26-20-9-18(8-19(23)21(20)25-3)13-24-14(2)22-10-15-5-16(11-22)7-17(6-15)12-22/h8-9,14-17,24H,4-7,10-13H2,1-3H3/t14-,15?,16?,17?,22?/m1/s1. The summed E-state index contributed by atoms with van der Waals surface area (Å²) < 4.78 is 11.1. The van der Waals surface area contributed by atoms with Crippen LogP contribution in [0.5, 0.6) is 11.5 Å². The van der Waals surface area contributed by atoms with Crippen LogP contribution in [-0.2, 0) is 6.54 Å². The van der Waals surface area contributed by atoms with Gasteiger partial charge in [0.1, 0.15) is 0 Å². The second-order valence-electron chi connectivity index (χ2n) is 8.92. The van der Waals surface area contributed by atoms with Crippen molar-refractivity contribution in [1.82, 2.24) is 5.32 Å². The van der Waals surface area contributed by atoms with Crippen LogP contribution in [0.2, 0.25) is 5.02 Å². The molecule has 4 fully saturated rings. The predicted octanol–water partition coefficient (Wildman–Crippen LogP) is 5.44. The van der Waals surface area contributed by atoms with Gasteiger partial charge in [-0.25, -0.2) is 0 Å². The molecular weight excluding hydrogens is 346 g/mol. The summed E-state index contributed by atoms with van der Waals surface area (Å²) in [6.07, 6.45) is 8.79. The number of rotatable bonds is 7. The summed E-state index contributed by atoms with van der Waals surface area (Å²) in [6.45, 7) is 5.81. The summed E-state index contributed by atoms with van der Waals surface area (Å²) in [4.78, 5) is 0. The zero-order valence-corrected chi connectivity index (χ0v) is 17.1. The first-order valence-corrected chi connectivity index (χ1v) is 10.6. The fraction of sp³-hybridized carbons (Fsp3) is 0.727. The Morgan fingerprint density at radius 2 is 1.77 bits per heavy atom. The molecule has 4 aliphatic rings. The van der Waals surface area contributed by atoms with Gasteiger partial charge in [-0.2, -0.15) is 0 Å². The van der Waals surface area contributed by atoms with Gasteiger partial charge >= 0.3 is 0 Å². The third-order valence-corrected chi connectivity index (χ3v) is 7.47. The molecule has 3 nitrogen and oxygen atoms in total. The summed E-state index contributed by atoms with van der Waals surface area (Å²) in [5.74, 6) is 4.34. The van der Waals surface area contributed by atoms with Gasteiger partial charge in [-0.3, -0.25) is 0 Å². The Bertz CT molecular complexity index is 625. The van der Waals surface area contributed by atoms with E-state index in [0.29, 0.717) is 28.8 Å². The highest BCUT2D eigenvalue weighted by molar-refractivity contribution is 6.32. The number of ether oxygens (including phenoxy) is 2. The van der Waals surface area contributed by atoms with Crippen LogP contribution >= 0.6 is 11.6 Å². The van der Waals surface area contributed by atoms with E-state index in [2.05, 4.69) is 18.3 Å². The molecule has 4 bridgehead atoms. The van der Waals surface area contributed by atoms with E-state index >= 15 is 0 Å². The van der Waals surface area contributed by atoms with Crippen LogP contribution < -0.4 is 14.8 Å². The van der Waals surface area contributed by atoms with E-state index in [0.717, 1.165) is 35.6 Å². The average Bonchev–Trinajstić information content (AvgIpc) is 2.58. The molecule has 0 saturated heterocycles. The molecule has 5 rings (SSSR count). The number of benzene rings is 1. The monoisotopic (exact) mass is 377 g/mol. The molecule has 4 aliphatic carbocycles. The third-order valence-electron chi connectivity index (χ3n) is 7.19. The van der Waals surface area contributed by atoms with E-state index < -0.39 is 0 Å². The van der Waals surface area contributed by atoms with Crippen LogP contribution in [0, 0.1) is 23.2 Å². The van der Waals surface area contributed by atoms with Crippen molar-refractivity contribution in [3.8, 4) is 11.5 Å². The Labute approximate surface area is 162 Å². The first kappa shape index (κ1) is 18.4. The molecule has 0 spiro atoms. The van der Waals surface area contributed by atoms with Crippen molar-refractivity contribution >= 4 is 11.6 Å². The van der Waals surface area contributed by atoms with E-state index in [1.54, 1.807) is 7.11 Å². The molecule has 26 heavy (non-hydrogen) atoms. The Kier molecular flexibility index (Phi) is 5.13. The number of hydrogen-bond acceptors (Lipinski definition) is 3. The summed E-state index contributed by atoms with van der Waals surface area (Å²) >= 11 is 6.41. The van der Waals surface area contributed by atoms with Crippen LogP contribution in [0.15, 0.2) is 12.1 Å². The molecule has 0 radical (unpaired) electrons. The van der Waals surface area contributed by atoms with Crippen LogP contribution in [0.25, 0.3) is 0 Å². The molecule has 144 valence electrons. The minimum atomic E-state index is 0.522. The molecule has 1 aromatic carbocycles. The fourth-order valence-electron chi connectivity index (χ4n) is 6.38. The van der Waals surface area contributed by atoms with Crippen molar-refractivity contribution in [2.45, 2.75) is 65.0 Å². The lowest BCUT2D eigenvalue weighted by Crippen LogP contribution is -2.54. The summed E-state index contributed by atoms with van der Waals surface area (Å²) in [7, 11) is 1.64. The Morgan fingerprint density at radius 3 is 2.31 bits per heavy atom. The second kappa shape index (κ2) is 7.24. The lowest BCUT2D eigenvalue weighted by atomic mass is 9.48. The van der Waals surface area contributed by atoms with E-state index in [4.69, 9.17) is 21.1 Å². The Morgan fingerprint density at radius 1 is 1.15 bits per heavy atom. The van der Waals surface area contributed by atoms with E-state index in [-0.39, 0.29) is 0 Å². The van der Waals surface area contributed by atoms with Crippen molar-refractivity contribution in [2.24, 2.45) is 23.2 Å². The molecule has 1 aromatic rings. The number of halogens is 1. The highest BCUT2D eigenvalue weighted by atomic mass is 35.5. The summed E-state index contributed by atoms with van der Waals surface area (Å²) in [5, 5.41) is 4.46. The molecule has 0 amide bonds. The highest BCUT2D eigenvalue weighted by Crippen LogP contribution is 2.61. The van der Waals surface area contributed by atoms with Gasteiger partial charge in [-0.05, 0) is 93.2 Å². The van der Waals surface area contributed by atoms with Gasteiger partial charge in [-0.1, -0.05) is 11.6 Å². The minimum absolute atomic E-state index is 0.522. The van der Waals surface area contributed by atoms with Crippen molar-refractivity contribution in [3.63, 3.8) is 0 Å². The molecule has 1 N–H and O–H groups in total. The van der Waals surface area contributed by atoms with Gasteiger partial charge in [0.05, 0.1) is 18.7 Å². The maximum atomic E-state index is 6.41. The summed E-state index contributed by atoms with van der Waals surface area (Å²) in [5.41, 5.74) is 1.68. The van der Waals surface area contributed by atoms with Crippen molar-refractivity contribution in [3.05, 3.63) is 22.7 Å². The fourth-order valence-corrected chi connectivity index (χ4v) is 6.69. The number of methoxy groups -OCH3 is 1. The van der Waals surface area contributed by atoms with Crippen molar-refractivity contribution in [2.75, 3.05) is 13.7 Å². The van der Waals surface area contributed by atoms with Crippen LogP contribution in [0.4, 0.5) is 0 Å². The van der Waals surface area contributed by atoms with Gasteiger partial charge in [0.25, 0.3) is 0 Å². The topological polar surface area (TPSA) is 30.5 Å². The van der Waals surface area contributed by atoms with Gasteiger partial charge < -0.3 is 14.8 Å². The van der Waals surface area contributed by atoms with Gasteiger partial charge in [0.15, 0.2) is 11.5 Å². The highest BCUT2D eigenvalue weighted by Gasteiger charge is 2.52. The molecule has 4 saturated carbocycles. The van der Waals surface area contributed by atoms with Gasteiger partial charge in [-0.15, -0.1) is 0 Å². The lowest BCUT2D eigenvalue weighted by Gasteiger charge is -2.59. The van der Waals surface area contributed by atoms with Crippen molar-refractivity contribution in [1.29, 1.82) is 0 Å². The van der Waals surface area contributed by atoms with Crippen LogP contribution in [0.1, 0.15) is 57.9 Å². The maximum absolute atomic E-state index is 6.41. The van der Waals surface area contributed by atoms with Crippen LogP contribution in [-0.4, -0.2) is 19.8 Å². The summed E-state index contributed by atoms with van der Waals surface area (Å²) in [6, 6.07) is 4.61. The zero-order chi connectivity index (χ0) is 18.3. The Hall–Kier alpha value is -0.930. The van der Waals surface area contributed by atoms with E-state index in [1.807, 2.05) is 13.0 Å². The SMILES string of the molecule is CCOc1cc(CN[C@H](C)C23CC4CC(CC(C4)C2)C3)cc(Cl)c1OC. The predicted molar refractivity (Wildman–Crippen MR) is 106 cm³/mol. The molecule has 1 atom stereocenters. The third kappa shape index (κ3) is 3.33. The maximum Gasteiger partial charge on any atom is 0.179 e. The molecular formula is C22H32ClNO2. The van der Waals surface area contributed by atoms with Crippen molar-refractivity contribution < 1.29 is 9.47 Å². The first-order valence-electron chi connectivity index (χ1n) is 10.3. The van der Waals surface area contributed by atoms with Crippen LogP contribution in [0.3, 0.4) is 0 Å². The zero-order valence-electron chi connectivity index (χ0n) is 16.3. The Balaban J connectivity index is 1.45. The molecule has 0 unspecified atom stereocenters. The first-order chi connectivity index (χ1) is 12.5. The number of hydrogen-bond donors (Lipinski definition) is 1. The largest absolute Gasteiger partial charge is 0.491 e. The molecule has 0 aliphatic heterocycles. The van der Waals surface area contributed by atoms with Gasteiger partial charge in [0, 0.05) is 12.6 Å².